The molecule has 0 aliphatic carbocycles. The topological polar surface area (TPSA) is 112 Å². The van der Waals surface area contributed by atoms with Crippen molar-refractivity contribution < 1.29 is 41.1 Å². The highest BCUT2D eigenvalue weighted by molar-refractivity contribution is 6.36. The second-order valence-corrected chi connectivity index (χ2v) is 11.4. The first-order valence-electron chi connectivity index (χ1n) is 13.4. The molecule has 0 spiro atoms. The molecular weight excluding hydrogens is 589 g/mol. The maximum absolute atomic E-state index is 13.4. The van der Waals surface area contributed by atoms with Gasteiger partial charge in [0.05, 0.1) is 22.7 Å². The summed E-state index contributed by atoms with van der Waals surface area (Å²) in [6.45, 7) is 3.41. The van der Waals surface area contributed by atoms with E-state index in [0.717, 1.165) is 26.3 Å². The third-order valence-electron chi connectivity index (χ3n) is 7.36. The number of benzene rings is 1. The van der Waals surface area contributed by atoms with Crippen LogP contribution < -0.4 is 16.0 Å². The molecule has 1 aromatic carbocycles. The third-order valence-corrected chi connectivity index (χ3v) is 7.72. The summed E-state index contributed by atoms with van der Waals surface area (Å²) in [6, 6.07) is 3.63. The number of aryl methyl sites for hydroxylation is 1. The number of carbonyl (C=O) groups is 2. The van der Waals surface area contributed by atoms with Gasteiger partial charge in [0, 0.05) is 31.2 Å². The molecule has 1 aromatic heterocycles. The fraction of sp³-hybridized carbons (Fsp3) is 0.593. The van der Waals surface area contributed by atoms with Crippen LogP contribution in [0.5, 0.6) is 5.75 Å². The van der Waals surface area contributed by atoms with E-state index >= 15 is 0 Å². The number of alkyl halides is 5. The largest absolute Gasteiger partial charge is 0.434 e. The van der Waals surface area contributed by atoms with Gasteiger partial charge in [-0.25, -0.2) is 4.79 Å². The van der Waals surface area contributed by atoms with Gasteiger partial charge < -0.3 is 14.9 Å². The first-order chi connectivity index (χ1) is 19.6. The number of hydrogen-bond acceptors (Lipinski definition) is 7. The smallest absolute Gasteiger partial charge is 0.394 e. The molecule has 2 heterocycles. The highest BCUT2D eigenvalue weighted by Gasteiger charge is 2.47. The molecule has 1 fully saturated rings. The van der Waals surface area contributed by atoms with Crippen molar-refractivity contribution in [3.63, 3.8) is 0 Å². The van der Waals surface area contributed by atoms with Crippen LogP contribution in [0.25, 0.3) is 11.3 Å². The molecule has 9 nitrogen and oxygen atoms in total. The predicted octanol–water partition coefficient (Wildman–Crippen LogP) is 5.20. The molecule has 1 aliphatic heterocycles. The quantitative estimate of drug-likeness (QED) is 0.261. The minimum absolute atomic E-state index is 0.0370. The average Bonchev–Trinajstić information content (AvgIpc) is 3.23. The van der Waals surface area contributed by atoms with Crippen LogP contribution in [-0.2, 0) is 22.6 Å². The van der Waals surface area contributed by atoms with Crippen LogP contribution in [0, 0.1) is 11.3 Å². The first-order valence-corrected chi connectivity index (χ1v) is 13.8. The van der Waals surface area contributed by atoms with Gasteiger partial charge >= 0.3 is 18.8 Å². The Morgan fingerprint density at radius 3 is 2.52 bits per heavy atom. The zero-order valence-electron chi connectivity index (χ0n) is 23.7. The second kappa shape index (κ2) is 13.6. The second-order valence-electron chi connectivity index (χ2n) is 11.1. The monoisotopic (exact) mass is 623 g/mol. The van der Waals surface area contributed by atoms with Crippen molar-refractivity contribution >= 4 is 23.5 Å². The average molecular weight is 624 g/mol. The number of nitrogens with one attached hydrogen (secondary N) is 1. The van der Waals surface area contributed by atoms with Gasteiger partial charge in [-0.2, -0.15) is 32.9 Å². The molecule has 3 N–H and O–H groups in total. The fourth-order valence-electron chi connectivity index (χ4n) is 4.97. The Morgan fingerprint density at radius 2 is 1.93 bits per heavy atom. The number of halogens is 6. The van der Waals surface area contributed by atoms with Crippen molar-refractivity contribution in [2.45, 2.75) is 72.3 Å². The number of carbonyl (C=O) groups excluding carboxylic acids is 2. The summed E-state index contributed by atoms with van der Waals surface area (Å²) in [5.41, 5.74) is -2.04. The standard InChI is InChI=1S/C27H35ClF5N5O4/c1-5-38-23(18-9-7-16(10-19(18)41-25(29)30)11-26(3,4)27(31,32)33)21(28)22(36-38)24(40)35-12-17-8-6-15(2)13-37(17)14-20(39)42-34/h7,9-10,15,17,25H,5-6,8,11-14,34H2,1-4H3,(H,35,40)/t15-,17+/m0/s1. The Bertz CT molecular complexity index is 1270. The lowest BCUT2D eigenvalue weighted by Gasteiger charge is -2.37. The zero-order valence-corrected chi connectivity index (χ0v) is 24.5. The van der Waals surface area contributed by atoms with Crippen molar-refractivity contribution in [3.8, 4) is 17.0 Å². The maximum Gasteiger partial charge on any atom is 0.394 e. The molecule has 15 heteroatoms. The molecule has 234 valence electrons. The van der Waals surface area contributed by atoms with E-state index < -0.39 is 42.2 Å². The van der Waals surface area contributed by atoms with Crippen LogP contribution in [0.1, 0.15) is 56.6 Å². The Morgan fingerprint density at radius 1 is 1.24 bits per heavy atom. The van der Waals surface area contributed by atoms with Crippen LogP contribution in [0.2, 0.25) is 5.02 Å². The number of nitrogens with two attached hydrogens (primary N) is 1. The summed E-state index contributed by atoms with van der Waals surface area (Å²) < 4.78 is 73.1. The minimum Gasteiger partial charge on any atom is -0.434 e. The van der Waals surface area contributed by atoms with Gasteiger partial charge in [-0.1, -0.05) is 38.4 Å². The van der Waals surface area contributed by atoms with E-state index in [0.29, 0.717) is 18.9 Å². The predicted molar refractivity (Wildman–Crippen MR) is 145 cm³/mol. The molecule has 1 aliphatic rings. The van der Waals surface area contributed by atoms with Crippen molar-refractivity contribution in [1.29, 1.82) is 0 Å². The van der Waals surface area contributed by atoms with Gasteiger partial charge in [0.15, 0.2) is 5.69 Å². The molecule has 2 aromatic rings. The Kier molecular flexibility index (Phi) is 10.8. The summed E-state index contributed by atoms with van der Waals surface area (Å²) >= 11 is 6.59. The summed E-state index contributed by atoms with van der Waals surface area (Å²) in [4.78, 5) is 31.1. The van der Waals surface area contributed by atoms with E-state index in [-0.39, 0.29) is 53.2 Å². The van der Waals surface area contributed by atoms with Gasteiger partial charge in [-0.3, -0.25) is 14.4 Å². The van der Waals surface area contributed by atoms with E-state index in [2.05, 4.69) is 20.0 Å². The summed E-state index contributed by atoms with van der Waals surface area (Å²) in [5.74, 6) is 3.68. The molecule has 0 bridgehead atoms. The molecule has 1 amide bonds. The van der Waals surface area contributed by atoms with Gasteiger partial charge in [-0.05, 0) is 49.8 Å². The van der Waals surface area contributed by atoms with E-state index in [4.69, 9.17) is 17.5 Å². The van der Waals surface area contributed by atoms with Gasteiger partial charge in [-0.15, -0.1) is 0 Å². The number of likely N-dealkylation sites (tertiary alicyclic amines) is 1. The molecule has 0 unspecified atom stereocenters. The number of amides is 1. The molecule has 0 radical (unpaired) electrons. The summed E-state index contributed by atoms with van der Waals surface area (Å²) in [5, 5.41) is 6.91. The fourth-order valence-corrected chi connectivity index (χ4v) is 5.29. The van der Waals surface area contributed by atoms with Gasteiger partial charge in [0.1, 0.15) is 5.75 Å². The SMILES string of the molecule is CCn1nc(C(=O)NC[C@H]2CC[C@H](C)CN2CC(=O)ON)c(Cl)c1-c1ccc(CC(C)(C)C(F)(F)F)cc1OC(F)F. The van der Waals surface area contributed by atoms with Gasteiger partial charge in [0.2, 0.25) is 0 Å². The van der Waals surface area contributed by atoms with E-state index in [9.17, 15) is 31.5 Å². The van der Waals surface area contributed by atoms with E-state index in [1.807, 2.05) is 11.8 Å². The van der Waals surface area contributed by atoms with Crippen LogP contribution in [-0.4, -0.2) is 65.0 Å². The van der Waals surface area contributed by atoms with Crippen molar-refractivity contribution in [1.82, 2.24) is 20.0 Å². The molecule has 2 atom stereocenters. The number of aromatic nitrogens is 2. The molecule has 0 saturated carbocycles. The number of nitrogens with zero attached hydrogens (tertiary/aromatic N) is 3. The van der Waals surface area contributed by atoms with E-state index in [1.54, 1.807) is 6.92 Å². The highest BCUT2D eigenvalue weighted by Crippen LogP contribution is 2.43. The lowest BCUT2D eigenvalue weighted by molar-refractivity contribution is -0.211. The Hall–Kier alpha value is -2.97. The van der Waals surface area contributed by atoms with Crippen LogP contribution in [0.4, 0.5) is 22.0 Å². The van der Waals surface area contributed by atoms with Crippen molar-refractivity contribution in [2.75, 3.05) is 19.6 Å². The first kappa shape index (κ1) is 33.5. The number of piperidine rings is 1. The maximum atomic E-state index is 13.4. The van der Waals surface area contributed by atoms with Crippen LogP contribution in [0.3, 0.4) is 0 Å². The molecule has 3 rings (SSSR count). The normalized spacial score (nSPS) is 18.3. The highest BCUT2D eigenvalue weighted by atomic mass is 35.5. The summed E-state index contributed by atoms with van der Waals surface area (Å²) in [6.07, 6.45) is -3.42. The number of ether oxygens (including phenoxy) is 1. The zero-order chi connectivity index (χ0) is 31.4. The van der Waals surface area contributed by atoms with Gasteiger partial charge in [0.25, 0.3) is 5.91 Å². The van der Waals surface area contributed by atoms with Crippen molar-refractivity contribution in [3.05, 3.63) is 34.5 Å². The lowest BCUT2D eigenvalue weighted by atomic mass is 9.84. The van der Waals surface area contributed by atoms with E-state index in [1.165, 1.54) is 16.8 Å². The molecular formula is C27H35ClF5N5O4. The number of rotatable bonds is 11. The Balaban J connectivity index is 1.90. The summed E-state index contributed by atoms with van der Waals surface area (Å²) in [7, 11) is 0. The minimum atomic E-state index is -4.53. The van der Waals surface area contributed by atoms with Crippen molar-refractivity contribution in [2.24, 2.45) is 17.2 Å². The number of hydrogen-bond donors (Lipinski definition) is 2. The third kappa shape index (κ3) is 7.90. The Labute approximate surface area is 245 Å². The van der Waals surface area contributed by atoms with Crippen LogP contribution >= 0.6 is 11.6 Å². The lowest BCUT2D eigenvalue weighted by Crippen LogP contribution is -2.50. The molecule has 1 saturated heterocycles. The van der Waals surface area contributed by atoms with Crippen LogP contribution in [0.15, 0.2) is 18.2 Å². The molecule has 42 heavy (non-hydrogen) atoms.